The number of ether oxygens (including phenoxy) is 1. The van der Waals surface area contributed by atoms with Gasteiger partial charge in [0.15, 0.2) is 6.61 Å². The number of benzene rings is 1. The van der Waals surface area contributed by atoms with Crippen molar-refractivity contribution < 1.29 is 14.6 Å². The smallest absolute Gasteiger partial charge is 0.341 e. The number of nitrogens with one attached hydrogen (secondary N) is 1. The third-order valence-corrected chi connectivity index (χ3v) is 5.99. The van der Waals surface area contributed by atoms with Gasteiger partial charge in [-0.1, -0.05) is 18.2 Å². The van der Waals surface area contributed by atoms with Gasteiger partial charge in [0.1, 0.15) is 5.75 Å². The molecule has 0 bridgehead atoms. The first-order valence-electron chi connectivity index (χ1n) is 9.47. The van der Waals surface area contributed by atoms with Gasteiger partial charge in [-0.05, 0) is 26.0 Å². The third kappa shape index (κ3) is 3.44. The molecule has 2 N–H and O–H groups in total. The highest BCUT2D eigenvalue weighted by Gasteiger charge is 2.44. The summed E-state index contributed by atoms with van der Waals surface area (Å²) in [5, 5.41) is 8.87. The number of rotatable bonds is 5. The topological polar surface area (TPSA) is 81.7 Å². The molecule has 7 nitrogen and oxygen atoms in total. The van der Waals surface area contributed by atoms with Gasteiger partial charge in [-0.2, -0.15) is 0 Å². The molecule has 0 radical (unpaired) electrons. The fraction of sp³-hybridized carbons (Fsp3) is 0.500. The molecule has 1 fully saturated rings. The van der Waals surface area contributed by atoms with Crippen molar-refractivity contribution in [3.05, 3.63) is 47.5 Å². The van der Waals surface area contributed by atoms with Crippen LogP contribution in [-0.2, 0) is 23.3 Å². The highest BCUT2D eigenvalue weighted by Crippen LogP contribution is 2.41. The van der Waals surface area contributed by atoms with Crippen molar-refractivity contribution in [3.63, 3.8) is 0 Å². The largest absolute Gasteiger partial charge is 0.482 e. The van der Waals surface area contributed by atoms with Crippen molar-refractivity contribution in [3.8, 4) is 5.75 Å². The lowest BCUT2D eigenvalue weighted by molar-refractivity contribution is -0.139. The second-order valence-electron chi connectivity index (χ2n) is 7.50. The molecule has 3 heterocycles. The average Bonchev–Trinajstić information content (AvgIpc) is 3.15. The Hall–Kier alpha value is -2.38. The summed E-state index contributed by atoms with van der Waals surface area (Å²) in [6.45, 7) is 3.46. The lowest BCUT2D eigenvalue weighted by Gasteiger charge is -2.49. The Bertz CT molecular complexity index is 811. The molecule has 7 heteroatoms. The van der Waals surface area contributed by atoms with Gasteiger partial charge in [-0.25, -0.2) is 9.78 Å². The molecule has 27 heavy (non-hydrogen) atoms. The van der Waals surface area contributed by atoms with Gasteiger partial charge in [-0.15, -0.1) is 0 Å². The number of fused-ring (bicyclic) bond motifs is 2. The van der Waals surface area contributed by atoms with Crippen LogP contribution in [0.15, 0.2) is 30.6 Å². The van der Waals surface area contributed by atoms with E-state index in [1.54, 1.807) is 0 Å². The highest BCUT2D eigenvalue weighted by atomic mass is 16.5. The Balaban J connectivity index is 1.45. The molecule has 2 aromatic rings. The number of aromatic nitrogens is 2. The van der Waals surface area contributed by atoms with Crippen LogP contribution in [0, 0.1) is 0 Å². The van der Waals surface area contributed by atoms with Gasteiger partial charge in [0.2, 0.25) is 0 Å². The maximum atomic E-state index is 10.8. The quantitative estimate of drug-likeness (QED) is 0.836. The summed E-state index contributed by atoms with van der Waals surface area (Å²) in [7, 11) is 2.21. The van der Waals surface area contributed by atoms with Gasteiger partial charge in [0.05, 0.1) is 17.6 Å². The summed E-state index contributed by atoms with van der Waals surface area (Å²) in [6.07, 6.45) is 4.94. The first-order valence-corrected chi connectivity index (χ1v) is 9.47. The minimum absolute atomic E-state index is 0.0312. The van der Waals surface area contributed by atoms with Crippen molar-refractivity contribution in [1.82, 2.24) is 19.8 Å². The Labute approximate surface area is 159 Å². The van der Waals surface area contributed by atoms with Crippen molar-refractivity contribution in [2.45, 2.75) is 31.3 Å². The van der Waals surface area contributed by atoms with E-state index in [0.717, 1.165) is 51.0 Å². The fourth-order valence-electron chi connectivity index (χ4n) is 4.44. The summed E-state index contributed by atoms with van der Waals surface area (Å²) in [5.41, 5.74) is 3.57. The van der Waals surface area contributed by atoms with Crippen molar-refractivity contribution in [2.75, 3.05) is 33.3 Å². The van der Waals surface area contributed by atoms with E-state index in [4.69, 9.17) is 9.84 Å². The maximum Gasteiger partial charge on any atom is 0.341 e. The molecule has 1 aromatic carbocycles. The predicted molar refractivity (Wildman–Crippen MR) is 101 cm³/mol. The van der Waals surface area contributed by atoms with Crippen LogP contribution in [0.3, 0.4) is 0 Å². The van der Waals surface area contributed by atoms with Crippen LogP contribution in [-0.4, -0.2) is 64.1 Å². The van der Waals surface area contributed by atoms with Crippen LogP contribution in [0.4, 0.5) is 0 Å². The average molecular weight is 370 g/mol. The summed E-state index contributed by atoms with van der Waals surface area (Å²) in [6, 6.07) is 7.70. The van der Waals surface area contributed by atoms with Crippen LogP contribution in [0.25, 0.3) is 0 Å². The van der Waals surface area contributed by atoms with Crippen molar-refractivity contribution in [2.24, 2.45) is 0 Å². The summed E-state index contributed by atoms with van der Waals surface area (Å²) >= 11 is 0. The number of aliphatic carboxylic acids is 1. The Morgan fingerprint density at radius 1 is 1.30 bits per heavy atom. The number of piperidine rings is 1. The number of carbonyl (C=O) groups is 1. The lowest BCUT2D eigenvalue weighted by atomic mass is 9.79. The van der Waals surface area contributed by atoms with E-state index in [1.807, 2.05) is 30.6 Å². The molecule has 4 rings (SSSR count). The number of carboxylic acid groups (broad SMARTS) is 1. The first kappa shape index (κ1) is 18.0. The summed E-state index contributed by atoms with van der Waals surface area (Å²) < 4.78 is 5.45. The minimum Gasteiger partial charge on any atom is -0.482 e. The van der Waals surface area contributed by atoms with E-state index in [0.29, 0.717) is 5.75 Å². The lowest BCUT2D eigenvalue weighted by Crippen LogP contribution is -2.54. The third-order valence-electron chi connectivity index (χ3n) is 5.99. The van der Waals surface area contributed by atoms with Crippen LogP contribution < -0.4 is 4.74 Å². The Morgan fingerprint density at radius 2 is 2.07 bits per heavy atom. The summed E-state index contributed by atoms with van der Waals surface area (Å²) in [4.78, 5) is 23.7. The number of hydrogen-bond donors (Lipinski definition) is 2. The van der Waals surface area contributed by atoms with Gasteiger partial charge in [0, 0.05) is 43.9 Å². The van der Waals surface area contributed by atoms with E-state index in [-0.39, 0.29) is 12.1 Å². The number of H-pyrrole nitrogens is 1. The normalized spacial score (nSPS) is 19.7. The van der Waals surface area contributed by atoms with Crippen molar-refractivity contribution >= 4 is 5.97 Å². The number of imidazole rings is 1. The fourth-order valence-corrected chi connectivity index (χ4v) is 4.44. The molecular formula is C20H26N4O3. The zero-order valence-electron chi connectivity index (χ0n) is 15.6. The molecule has 2 aliphatic rings. The number of likely N-dealkylation sites (N-methyl/N-ethyl adjacent to an activating group) is 1. The van der Waals surface area contributed by atoms with E-state index in [2.05, 4.69) is 26.8 Å². The molecular weight excluding hydrogens is 344 g/mol. The number of likely N-dealkylation sites (tertiary alicyclic amines) is 1. The highest BCUT2D eigenvalue weighted by molar-refractivity contribution is 5.68. The predicted octanol–water partition coefficient (Wildman–Crippen LogP) is 1.85. The second-order valence-corrected chi connectivity index (χ2v) is 7.50. The molecule has 1 saturated heterocycles. The van der Waals surface area contributed by atoms with Gasteiger partial charge >= 0.3 is 5.97 Å². The second kappa shape index (κ2) is 7.32. The number of hydrogen-bond acceptors (Lipinski definition) is 5. The van der Waals surface area contributed by atoms with E-state index >= 15 is 0 Å². The SMILES string of the molecule is CN1CCc2[nH]cnc2C12CCN(Cc1ccccc1OCC(=O)O)CC2. The summed E-state index contributed by atoms with van der Waals surface area (Å²) in [5.74, 6) is -0.301. The van der Waals surface area contributed by atoms with Gasteiger partial charge in [0.25, 0.3) is 0 Å². The maximum absolute atomic E-state index is 10.8. The molecule has 0 unspecified atom stereocenters. The number of para-hydroxylation sites is 1. The van der Waals surface area contributed by atoms with E-state index in [1.165, 1.54) is 11.4 Å². The van der Waals surface area contributed by atoms with Crippen molar-refractivity contribution in [1.29, 1.82) is 0 Å². The molecule has 1 spiro atoms. The molecule has 0 saturated carbocycles. The monoisotopic (exact) mass is 370 g/mol. The van der Waals surface area contributed by atoms with Gasteiger partial charge < -0.3 is 14.8 Å². The van der Waals surface area contributed by atoms with Crippen LogP contribution in [0.1, 0.15) is 29.8 Å². The molecule has 2 aliphatic heterocycles. The number of nitrogens with zero attached hydrogens (tertiary/aromatic N) is 3. The van der Waals surface area contributed by atoms with E-state index < -0.39 is 5.97 Å². The molecule has 144 valence electrons. The zero-order valence-corrected chi connectivity index (χ0v) is 15.6. The van der Waals surface area contributed by atoms with Crippen LogP contribution in [0.5, 0.6) is 5.75 Å². The molecule has 1 aromatic heterocycles. The van der Waals surface area contributed by atoms with Gasteiger partial charge in [-0.3, -0.25) is 9.80 Å². The molecule has 0 aliphatic carbocycles. The number of carboxylic acids is 1. The molecule has 0 amide bonds. The Kier molecular flexibility index (Phi) is 4.88. The zero-order chi connectivity index (χ0) is 18.9. The van der Waals surface area contributed by atoms with E-state index in [9.17, 15) is 4.79 Å². The van der Waals surface area contributed by atoms with Crippen LogP contribution >= 0.6 is 0 Å². The Morgan fingerprint density at radius 3 is 2.85 bits per heavy atom. The minimum atomic E-state index is -0.958. The number of aromatic amines is 1. The molecule has 0 atom stereocenters. The standard InChI is InChI=1S/C20H26N4O3/c1-23-9-6-16-19(22-14-21-16)20(23)7-10-24(11-8-20)12-15-4-2-3-5-17(15)27-13-18(25)26/h2-5,14H,6-13H2,1H3,(H,21,22)(H,25,26). The van der Waals surface area contributed by atoms with Crippen LogP contribution in [0.2, 0.25) is 0 Å². The first-order chi connectivity index (χ1) is 13.1.